The second-order valence-corrected chi connectivity index (χ2v) is 14.6. The molecule has 0 unspecified atom stereocenters. The Kier molecular flexibility index (Phi) is 6.82. The van der Waals surface area contributed by atoms with E-state index >= 15 is 0 Å². The highest BCUT2D eigenvalue weighted by molar-refractivity contribution is 6.36. The molecule has 264 valence electrons. The second kappa shape index (κ2) is 12.0. The molecule has 0 atom stereocenters. The summed E-state index contributed by atoms with van der Waals surface area (Å²) in [6.07, 6.45) is 0. The van der Waals surface area contributed by atoms with Gasteiger partial charge < -0.3 is 20.4 Å². The molecule has 0 spiro atoms. The molecular weight excluding hydrogens is 689 g/mol. The molecule has 0 radical (unpaired) electrons. The van der Waals surface area contributed by atoms with E-state index in [1.165, 1.54) is 43.1 Å². The molecule has 12 rings (SSSR count). The minimum absolute atomic E-state index is 0.275. The van der Waals surface area contributed by atoms with Gasteiger partial charge in [-0.2, -0.15) is 0 Å². The van der Waals surface area contributed by atoms with Gasteiger partial charge in [-0.3, -0.25) is 0 Å². The Hall–Kier alpha value is -7.56. The molecular formula is C52H32O4. The number of rotatable bonds is 2. The van der Waals surface area contributed by atoms with Crippen molar-refractivity contribution in [3.8, 4) is 45.3 Å². The third-order valence-electron chi connectivity index (χ3n) is 11.6. The largest absolute Gasteiger partial charge is 0.508 e. The van der Waals surface area contributed by atoms with Gasteiger partial charge in [-0.15, -0.1) is 0 Å². The van der Waals surface area contributed by atoms with Crippen molar-refractivity contribution in [2.75, 3.05) is 0 Å². The van der Waals surface area contributed by atoms with Crippen LogP contribution in [0.5, 0.6) is 23.0 Å². The Morgan fingerprint density at radius 2 is 0.482 bits per heavy atom. The Morgan fingerprint density at radius 3 is 0.839 bits per heavy atom. The summed E-state index contributed by atoms with van der Waals surface area (Å²) in [6, 6.07) is 56.2. The van der Waals surface area contributed by atoms with E-state index in [9.17, 15) is 20.4 Å². The Morgan fingerprint density at radius 1 is 0.214 bits per heavy atom. The first-order valence-corrected chi connectivity index (χ1v) is 18.7. The lowest BCUT2D eigenvalue weighted by Crippen LogP contribution is -1.90. The van der Waals surface area contributed by atoms with Gasteiger partial charge in [0.25, 0.3) is 0 Å². The van der Waals surface area contributed by atoms with E-state index in [4.69, 9.17) is 0 Å². The van der Waals surface area contributed by atoms with Crippen molar-refractivity contribution in [3.63, 3.8) is 0 Å². The average Bonchev–Trinajstić information content (AvgIpc) is 3.24. The number of fused-ring (bicyclic) bond motifs is 4. The van der Waals surface area contributed by atoms with Crippen LogP contribution in [0.4, 0.5) is 0 Å². The minimum Gasteiger partial charge on any atom is -0.508 e. The van der Waals surface area contributed by atoms with Crippen molar-refractivity contribution in [1.29, 1.82) is 0 Å². The smallest absolute Gasteiger partial charge is 0.123 e. The van der Waals surface area contributed by atoms with Crippen LogP contribution in [-0.4, -0.2) is 20.4 Å². The molecule has 0 saturated heterocycles. The molecule has 4 N–H and O–H groups in total. The molecule has 4 heteroatoms. The normalized spacial score (nSPS) is 11.9. The summed E-state index contributed by atoms with van der Waals surface area (Å²) in [5.74, 6) is 1.15. The van der Waals surface area contributed by atoms with Crippen molar-refractivity contribution >= 4 is 86.2 Å². The summed E-state index contributed by atoms with van der Waals surface area (Å²) in [7, 11) is 0. The molecule has 0 aromatic heterocycles. The van der Waals surface area contributed by atoms with Crippen LogP contribution in [0.25, 0.3) is 108 Å². The summed E-state index contributed by atoms with van der Waals surface area (Å²) >= 11 is 0. The second-order valence-electron chi connectivity index (χ2n) is 14.6. The SMILES string of the molecule is Oc1ccc(-c2ccc3c4cccc5c(-c6ccc(O)cc6)ccc(c6cccc2c63)c54)cc1.Oc1ccc2c3cccc4c(O)ccc(c5cccc1c52)c43. The maximum absolute atomic E-state index is 10.2. The first-order chi connectivity index (χ1) is 27.4. The maximum Gasteiger partial charge on any atom is 0.123 e. The number of phenols is 4. The zero-order valence-electron chi connectivity index (χ0n) is 30.0. The Bertz CT molecular complexity index is 3220. The van der Waals surface area contributed by atoms with Crippen LogP contribution in [-0.2, 0) is 0 Å². The van der Waals surface area contributed by atoms with Gasteiger partial charge in [-0.05, 0) is 123 Å². The predicted molar refractivity (Wildman–Crippen MR) is 233 cm³/mol. The molecule has 0 saturated carbocycles. The molecule has 56 heavy (non-hydrogen) atoms. The van der Waals surface area contributed by atoms with Crippen molar-refractivity contribution in [2.24, 2.45) is 0 Å². The molecule has 0 aliphatic heterocycles. The number of benzene rings is 12. The number of hydrogen-bond acceptors (Lipinski definition) is 4. The van der Waals surface area contributed by atoms with E-state index in [2.05, 4.69) is 72.8 Å². The van der Waals surface area contributed by atoms with E-state index in [-0.39, 0.29) is 11.5 Å². The molecule has 12 aromatic carbocycles. The quantitative estimate of drug-likeness (QED) is 0.106. The highest BCUT2D eigenvalue weighted by atomic mass is 16.3. The first kappa shape index (κ1) is 31.9. The minimum atomic E-state index is 0.275. The molecule has 0 fully saturated rings. The fraction of sp³-hybridized carbons (Fsp3) is 0. The standard InChI is InChI=1S/C32H20O2.C20H12O2/c33-21-11-7-19(8-12-21)23-15-18-30-28-6-2-4-26-24(20-9-13-22(34)14-10-20)16-17-29(32(26)28)27-5-1-3-25(23)31(27)30;21-17-9-8-14-12-4-2-6-16-18(22)10-7-13(20(12)16)11-3-1-5-15(17)19(11)14/h1-18,33-34H;1-10,21-22H. The molecule has 0 bridgehead atoms. The molecule has 4 nitrogen and oxygen atoms in total. The van der Waals surface area contributed by atoms with Crippen molar-refractivity contribution in [1.82, 2.24) is 0 Å². The fourth-order valence-electron chi connectivity index (χ4n) is 9.18. The number of hydrogen-bond donors (Lipinski definition) is 4. The van der Waals surface area contributed by atoms with Gasteiger partial charge in [0.15, 0.2) is 0 Å². The van der Waals surface area contributed by atoms with Gasteiger partial charge in [0.2, 0.25) is 0 Å². The van der Waals surface area contributed by atoms with Crippen LogP contribution in [0, 0.1) is 0 Å². The summed E-state index contributed by atoms with van der Waals surface area (Å²) in [6.45, 7) is 0. The van der Waals surface area contributed by atoms with Gasteiger partial charge in [-0.1, -0.05) is 133 Å². The molecule has 0 heterocycles. The lowest BCUT2D eigenvalue weighted by molar-refractivity contribution is 0.475. The van der Waals surface area contributed by atoms with E-state index < -0.39 is 0 Å². The van der Waals surface area contributed by atoms with Gasteiger partial charge in [-0.25, -0.2) is 0 Å². The third kappa shape index (κ3) is 4.60. The average molecular weight is 721 g/mol. The summed E-state index contributed by atoms with van der Waals surface area (Å²) in [5.41, 5.74) is 4.51. The monoisotopic (exact) mass is 720 g/mol. The van der Waals surface area contributed by atoms with Gasteiger partial charge in [0.1, 0.15) is 23.0 Å². The van der Waals surface area contributed by atoms with Crippen LogP contribution in [0.1, 0.15) is 0 Å². The highest BCUT2D eigenvalue weighted by Gasteiger charge is 2.18. The predicted octanol–water partition coefficient (Wildman–Crippen LogP) is 13.6. The van der Waals surface area contributed by atoms with E-state index in [1.54, 1.807) is 36.4 Å². The summed E-state index contributed by atoms with van der Waals surface area (Å²) in [5, 5.41) is 58.1. The lowest BCUT2D eigenvalue weighted by atomic mass is 9.85. The molecule has 0 aliphatic carbocycles. The summed E-state index contributed by atoms with van der Waals surface area (Å²) in [4.78, 5) is 0. The van der Waals surface area contributed by atoms with Crippen molar-refractivity contribution in [3.05, 3.63) is 170 Å². The highest BCUT2D eigenvalue weighted by Crippen LogP contribution is 2.46. The molecule has 0 amide bonds. The van der Waals surface area contributed by atoms with Crippen molar-refractivity contribution in [2.45, 2.75) is 0 Å². The van der Waals surface area contributed by atoms with Crippen LogP contribution >= 0.6 is 0 Å². The number of aromatic hydroxyl groups is 4. The molecule has 12 aromatic rings. The van der Waals surface area contributed by atoms with Gasteiger partial charge in [0.05, 0.1) is 0 Å². The first-order valence-electron chi connectivity index (χ1n) is 18.7. The van der Waals surface area contributed by atoms with Crippen molar-refractivity contribution < 1.29 is 20.4 Å². The topological polar surface area (TPSA) is 80.9 Å². The van der Waals surface area contributed by atoms with Crippen LogP contribution in [0.15, 0.2) is 170 Å². The Labute approximate surface area is 320 Å². The zero-order chi connectivity index (χ0) is 37.7. The fourth-order valence-corrected chi connectivity index (χ4v) is 9.18. The van der Waals surface area contributed by atoms with Crippen LogP contribution < -0.4 is 0 Å². The lowest BCUT2D eigenvalue weighted by Gasteiger charge is -2.18. The van der Waals surface area contributed by atoms with E-state index in [0.717, 1.165) is 65.3 Å². The zero-order valence-corrected chi connectivity index (χ0v) is 30.0. The molecule has 0 aliphatic rings. The van der Waals surface area contributed by atoms with Crippen LogP contribution in [0.3, 0.4) is 0 Å². The van der Waals surface area contributed by atoms with E-state index in [1.807, 2.05) is 60.7 Å². The van der Waals surface area contributed by atoms with Gasteiger partial charge in [0, 0.05) is 21.5 Å². The van der Waals surface area contributed by atoms with Gasteiger partial charge >= 0.3 is 0 Å². The Balaban J connectivity index is 0.000000142. The summed E-state index contributed by atoms with van der Waals surface area (Å²) < 4.78 is 0. The van der Waals surface area contributed by atoms with Crippen LogP contribution in [0.2, 0.25) is 0 Å². The third-order valence-corrected chi connectivity index (χ3v) is 11.6. The van der Waals surface area contributed by atoms with E-state index in [0.29, 0.717) is 11.5 Å². The number of phenolic OH excluding ortho intramolecular Hbond substituents is 4. The maximum atomic E-state index is 10.2.